The number of nitrogens with one attached hydrogen (secondary N) is 4. The Bertz CT molecular complexity index is 2710. The van der Waals surface area contributed by atoms with Crippen LogP contribution in [0.15, 0.2) is 59.9 Å². The van der Waals surface area contributed by atoms with Gasteiger partial charge in [0.25, 0.3) is 11.8 Å². The molecule has 5 amide bonds. The number of alkyl halides is 3. The van der Waals surface area contributed by atoms with E-state index < -0.39 is 41.2 Å². The van der Waals surface area contributed by atoms with Crippen LogP contribution in [0.4, 0.5) is 41.1 Å². The molecule has 4 N–H and O–H groups in total. The molecule has 9 rings (SSSR count). The predicted molar refractivity (Wildman–Crippen MR) is 216 cm³/mol. The zero-order valence-corrected chi connectivity index (χ0v) is 33.5. The van der Waals surface area contributed by atoms with Crippen LogP contribution in [-0.2, 0) is 30.1 Å². The third kappa shape index (κ3) is 9.18. The molecule has 0 spiro atoms. The number of carbonyl (C=O) groups excluding carboxylic acids is 5. The first-order valence-electron chi connectivity index (χ1n) is 19.1. The van der Waals surface area contributed by atoms with Crippen molar-refractivity contribution in [1.82, 2.24) is 39.8 Å². The highest BCUT2D eigenvalue weighted by atomic mass is 35.5. The molecule has 61 heavy (non-hydrogen) atoms. The Morgan fingerprint density at radius 1 is 0.869 bits per heavy atom. The van der Waals surface area contributed by atoms with Crippen LogP contribution in [0.1, 0.15) is 76.0 Å². The number of hydrogen-bond donors (Lipinski definition) is 4. The van der Waals surface area contributed by atoms with E-state index in [1.54, 1.807) is 43.9 Å². The Morgan fingerprint density at radius 3 is 2.00 bits per heavy atom. The average molecular weight is 860 g/mol. The van der Waals surface area contributed by atoms with E-state index in [9.17, 15) is 37.1 Å². The van der Waals surface area contributed by atoms with E-state index in [-0.39, 0.29) is 53.1 Å². The third-order valence-corrected chi connectivity index (χ3v) is 9.77. The Morgan fingerprint density at radius 2 is 1.46 bits per heavy atom. The number of imide groups is 2. The van der Waals surface area contributed by atoms with Crippen molar-refractivity contribution in [2.45, 2.75) is 83.2 Å². The summed E-state index contributed by atoms with van der Waals surface area (Å²) in [6, 6.07) is 8.55. The smallest absolute Gasteiger partial charge is 0.418 e. The van der Waals surface area contributed by atoms with E-state index in [4.69, 9.17) is 16.3 Å². The lowest BCUT2D eigenvalue weighted by molar-refractivity contribution is -0.137. The molecular weight excluding hydrogens is 823 g/mol. The second-order valence-corrected chi connectivity index (χ2v) is 16.1. The van der Waals surface area contributed by atoms with E-state index in [2.05, 4.69) is 41.4 Å². The van der Waals surface area contributed by atoms with Crippen LogP contribution in [-0.4, -0.2) is 76.6 Å². The monoisotopic (exact) mass is 859 g/mol. The Labute approximate surface area is 349 Å². The molecule has 0 atom stereocenters. The summed E-state index contributed by atoms with van der Waals surface area (Å²) >= 11 is 6.24. The topological polar surface area (TPSA) is 206 Å². The second-order valence-electron chi connectivity index (χ2n) is 15.8. The van der Waals surface area contributed by atoms with Gasteiger partial charge in [-0.2, -0.15) is 32.4 Å². The summed E-state index contributed by atoms with van der Waals surface area (Å²) in [4.78, 5) is 69.9. The molecule has 21 heteroatoms. The first-order chi connectivity index (χ1) is 28.9. The summed E-state index contributed by atoms with van der Waals surface area (Å²) in [5.74, 6) is -0.495. The van der Waals surface area contributed by atoms with Gasteiger partial charge in [-0.15, -0.1) is 0 Å². The van der Waals surface area contributed by atoms with Crippen molar-refractivity contribution in [3.63, 3.8) is 0 Å². The van der Waals surface area contributed by atoms with Crippen molar-refractivity contribution in [3.8, 4) is 0 Å². The van der Waals surface area contributed by atoms with Gasteiger partial charge in [0.05, 0.1) is 36.5 Å². The molecule has 6 heterocycles. The minimum atomic E-state index is -4.53. The van der Waals surface area contributed by atoms with Gasteiger partial charge in [-0.3, -0.25) is 34.7 Å². The minimum Gasteiger partial charge on any atom is -0.443 e. The zero-order valence-electron chi connectivity index (χ0n) is 32.8. The fourth-order valence-corrected chi connectivity index (χ4v) is 6.74. The SMILES string of the molecule is CC(C)(C)OC(=O)N(c1cc(Cl)nc2c(/C=C3\CC(=O)NC3=O)cnn12)C1CC1.O=C1C/C(=C\c2cnn3c(NC4CC4)cc(Nc4ccccc4C(F)(F)F)nc23)C(=O)N1. The summed E-state index contributed by atoms with van der Waals surface area (Å²) in [5.41, 5.74) is 0.699. The lowest BCUT2D eigenvalue weighted by Crippen LogP contribution is -2.39. The summed E-state index contributed by atoms with van der Waals surface area (Å²) < 4.78 is 48.8. The fourth-order valence-electron chi connectivity index (χ4n) is 6.56. The van der Waals surface area contributed by atoms with E-state index in [0.717, 1.165) is 31.7 Å². The highest BCUT2D eigenvalue weighted by molar-refractivity contribution is 6.30. The molecule has 2 saturated carbocycles. The zero-order chi connectivity index (χ0) is 43.4. The van der Waals surface area contributed by atoms with Crippen molar-refractivity contribution in [3.05, 3.63) is 81.8 Å². The Kier molecular flexibility index (Phi) is 10.5. The van der Waals surface area contributed by atoms with Gasteiger partial charge < -0.3 is 15.4 Å². The second kappa shape index (κ2) is 15.6. The standard InChI is InChI=1S/C21H17F3N6O2.C19H20ClN5O4/c22-21(23,24)14-3-1-2-4-15(14)27-16-9-17(26-13-5-6-13)30-19(28-16)12(10-25-30)7-11-8-18(31)29-20(11)32;1-19(2,3)29-18(28)24(12-4-5-12)15-8-13(20)22-16-11(9-21-25(15)16)6-10-7-14(26)23-17(10)27/h1-4,7,9-10,13,26H,5-6,8H2,(H,27,28)(H,29,31,32);6,8-9,12H,4-5,7H2,1-3H3,(H,23,26,27)/b11-7+;10-6+. The molecule has 2 aliphatic carbocycles. The normalized spacial score (nSPS) is 18.1. The number of carbonyl (C=O) groups is 5. The maximum Gasteiger partial charge on any atom is 0.418 e. The summed E-state index contributed by atoms with van der Waals surface area (Å²) in [6.07, 6.45) is 4.67. The van der Waals surface area contributed by atoms with Crippen LogP contribution in [0.3, 0.4) is 0 Å². The highest BCUT2D eigenvalue weighted by Gasteiger charge is 2.39. The van der Waals surface area contributed by atoms with Crippen LogP contribution in [0, 0.1) is 0 Å². The molecule has 2 aliphatic heterocycles. The first kappa shape index (κ1) is 40.9. The number of nitrogens with zero attached hydrogens (tertiary/aromatic N) is 7. The largest absolute Gasteiger partial charge is 0.443 e. The van der Waals surface area contributed by atoms with Crippen LogP contribution < -0.4 is 26.2 Å². The van der Waals surface area contributed by atoms with Crippen molar-refractivity contribution in [1.29, 1.82) is 0 Å². The van der Waals surface area contributed by atoms with Gasteiger partial charge in [-0.25, -0.2) is 14.8 Å². The van der Waals surface area contributed by atoms with Gasteiger partial charge in [0.2, 0.25) is 11.8 Å². The van der Waals surface area contributed by atoms with Crippen molar-refractivity contribution >= 4 is 87.9 Å². The van der Waals surface area contributed by atoms with Crippen LogP contribution in [0.2, 0.25) is 5.15 Å². The molecule has 1 aromatic carbocycles. The lowest BCUT2D eigenvalue weighted by atomic mass is 10.1. The van der Waals surface area contributed by atoms with Gasteiger partial charge in [-0.05, 0) is 70.7 Å². The number of amides is 5. The maximum atomic E-state index is 13.4. The third-order valence-electron chi connectivity index (χ3n) is 9.57. The number of fused-ring (bicyclic) bond motifs is 2. The molecule has 316 valence electrons. The molecule has 2 saturated heterocycles. The summed E-state index contributed by atoms with van der Waals surface area (Å²) in [5, 5.41) is 19.3. The fraction of sp³-hybridized carbons (Fsp3) is 0.325. The molecule has 5 aromatic rings. The van der Waals surface area contributed by atoms with E-state index in [1.165, 1.54) is 45.7 Å². The number of ether oxygens (including phenoxy) is 1. The van der Waals surface area contributed by atoms with Crippen molar-refractivity contribution < 1.29 is 41.9 Å². The minimum absolute atomic E-state index is 0.00393. The number of benzene rings is 1. The molecule has 4 aliphatic rings. The number of hydrogen-bond acceptors (Lipinski definition) is 12. The molecule has 0 bridgehead atoms. The Balaban J connectivity index is 0.000000169. The van der Waals surface area contributed by atoms with Crippen molar-refractivity contribution in [2.24, 2.45) is 0 Å². The van der Waals surface area contributed by atoms with Gasteiger partial charge >= 0.3 is 12.3 Å². The number of aromatic nitrogens is 6. The van der Waals surface area contributed by atoms with Crippen LogP contribution in [0.25, 0.3) is 23.4 Å². The van der Waals surface area contributed by atoms with Gasteiger partial charge in [-0.1, -0.05) is 23.7 Å². The summed E-state index contributed by atoms with van der Waals surface area (Å²) in [6.45, 7) is 5.41. The number of anilines is 4. The molecule has 0 radical (unpaired) electrons. The van der Waals surface area contributed by atoms with Crippen molar-refractivity contribution in [2.75, 3.05) is 15.5 Å². The van der Waals surface area contributed by atoms with E-state index >= 15 is 0 Å². The molecule has 0 unspecified atom stereocenters. The number of rotatable bonds is 8. The molecule has 17 nitrogen and oxygen atoms in total. The number of para-hydroxylation sites is 1. The van der Waals surface area contributed by atoms with Gasteiger partial charge in [0.1, 0.15) is 28.2 Å². The molecule has 4 aromatic heterocycles. The van der Waals surface area contributed by atoms with E-state index in [0.29, 0.717) is 39.6 Å². The first-order valence-corrected chi connectivity index (χ1v) is 19.5. The maximum absolute atomic E-state index is 13.4. The molecular formula is C40H37ClF3N11O6. The Hall–Kier alpha value is -6.83. The number of halogens is 4. The lowest BCUT2D eigenvalue weighted by Gasteiger charge is -2.27. The van der Waals surface area contributed by atoms with Gasteiger partial charge in [0.15, 0.2) is 11.3 Å². The quantitative estimate of drug-likeness (QED) is 0.0781. The average Bonchev–Trinajstić information content (AvgIpc) is 4.04. The predicted octanol–water partition coefficient (Wildman–Crippen LogP) is 6.21. The van der Waals surface area contributed by atoms with E-state index in [1.807, 2.05) is 0 Å². The van der Waals surface area contributed by atoms with Gasteiger partial charge in [0, 0.05) is 46.5 Å². The molecule has 4 fully saturated rings. The summed E-state index contributed by atoms with van der Waals surface area (Å²) in [7, 11) is 0. The van der Waals surface area contributed by atoms with Crippen LogP contribution in [0.5, 0.6) is 0 Å². The highest BCUT2D eigenvalue weighted by Crippen LogP contribution is 2.37. The van der Waals surface area contributed by atoms with Crippen LogP contribution >= 0.6 is 11.6 Å².